The van der Waals surface area contributed by atoms with Gasteiger partial charge in [0.25, 0.3) is 0 Å². The third kappa shape index (κ3) is 3.68. The molecule has 2 aliphatic rings. The largest absolute Gasteiger partial charge is 0.397 e. The molecule has 0 unspecified atom stereocenters. The molecule has 0 spiro atoms. The summed E-state index contributed by atoms with van der Waals surface area (Å²) in [5, 5.41) is 4.05. The number of nitrogens with two attached hydrogens (primary N) is 1. The zero-order valence-electron chi connectivity index (χ0n) is 17.1. The number of ether oxygens (including phenoxy) is 1. The first-order chi connectivity index (χ1) is 14.7. The molecule has 2 aromatic carbocycles. The minimum atomic E-state index is 0.0901. The summed E-state index contributed by atoms with van der Waals surface area (Å²) in [4.78, 5) is 13.9. The average molecular weight is 405 g/mol. The number of nitrogens with zero attached hydrogens (tertiary/aromatic N) is 2. The Morgan fingerprint density at radius 3 is 2.67 bits per heavy atom. The second-order valence-electron chi connectivity index (χ2n) is 8.29. The van der Waals surface area contributed by atoms with Crippen LogP contribution in [0.3, 0.4) is 0 Å². The van der Waals surface area contributed by atoms with Gasteiger partial charge in [-0.05, 0) is 42.2 Å². The topological polar surface area (TPSA) is 72.5 Å². The number of piperazine rings is 1. The van der Waals surface area contributed by atoms with Crippen LogP contribution >= 0.6 is 0 Å². The summed E-state index contributed by atoms with van der Waals surface area (Å²) in [6.07, 6.45) is 1.99. The van der Waals surface area contributed by atoms with Crippen molar-refractivity contribution in [2.75, 3.05) is 38.6 Å². The van der Waals surface area contributed by atoms with Crippen LogP contribution in [0.2, 0.25) is 0 Å². The van der Waals surface area contributed by atoms with Crippen LogP contribution in [-0.2, 0) is 16.1 Å². The summed E-state index contributed by atoms with van der Waals surface area (Å²) in [5.41, 5.74) is 12.1. The molecular weight excluding hydrogens is 376 g/mol. The van der Waals surface area contributed by atoms with E-state index in [1.165, 1.54) is 11.3 Å². The van der Waals surface area contributed by atoms with Gasteiger partial charge in [0.1, 0.15) is 0 Å². The van der Waals surface area contributed by atoms with E-state index in [1.54, 1.807) is 0 Å². The van der Waals surface area contributed by atoms with Crippen molar-refractivity contribution in [3.05, 3.63) is 54.1 Å². The number of hydrogen-bond donors (Lipinski definition) is 2. The van der Waals surface area contributed by atoms with Crippen molar-refractivity contribution in [2.45, 2.75) is 25.4 Å². The molecule has 0 atom stereocenters. The summed E-state index contributed by atoms with van der Waals surface area (Å²) < 4.78 is 8.05. The molecule has 2 saturated heterocycles. The van der Waals surface area contributed by atoms with Crippen molar-refractivity contribution in [1.29, 1.82) is 0 Å². The molecule has 0 aliphatic carbocycles. The first-order valence-corrected chi connectivity index (χ1v) is 10.7. The fourth-order valence-electron chi connectivity index (χ4n) is 4.80. The smallest absolute Gasteiger partial charge is 0.234 e. The number of rotatable bonds is 4. The van der Waals surface area contributed by atoms with Crippen LogP contribution in [-0.4, -0.2) is 48.2 Å². The van der Waals surface area contributed by atoms with E-state index < -0.39 is 0 Å². The number of amides is 1. The number of nitrogens with one attached hydrogen (secondary N) is 1. The maximum absolute atomic E-state index is 11.7. The molecule has 1 amide bonds. The zero-order valence-corrected chi connectivity index (χ0v) is 17.1. The lowest BCUT2D eigenvalue weighted by molar-refractivity contribution is -0.124. The number of anilines is 1. The minimum Gasteiger partial charge on any atom is -0.397 e. The molecule has 3 N–H and O–H groups in total. The number of carbonyl (C=O) groups excluding carboxylic acids is 1. The molecule has 3 heterocycles. The fraction of sp³-hybridized carbons (Fsp3) is 0.375. The highest BCUT2D eigenvalue weighted by Gasteiger charge is 2.23. The Kier molecular flexibility index (Phi) is 5.19. The number of benzene rings is 2. The van der Waals surface area contributed by atoms with E-state index in [0.717, 1.165) is 61.3 Å². The van der Waals surface area contributed by atoms with E-state index in [0.29, 0.717) is 19.1 Å². The normalized spacial score (nSPS) is 18.6. The standard InChI is InChI=1S/C24H28N4O2/c25-21-13-17(15-27-9-8-26-23(29)16-27)12-19-14-22(18-4-2-1-3-5-18)28(24(19)21)20-6-10-30-11-7-20/h1-5,12-14,20H,6-11,15-16,25H2,(H,26,29). The number of aromatic nitrogens is 1. The van der Waals surface area contributed by atoms with Gasteiger partial charge < -0.3 is 20.4 Å². The van der Waals surface area contributed by atoms with Crippen LogP contribution in [0.1, 0.15) is 24.4 Å². The molecule has 3 aromatic rings. The maximum Gasteiger partial charge on any atom is 0.234 e. The van der Waals surface area contributed by atoms with Gasteiger partial charge in [-0.15, -0.1) is 0 Å². The van der Waals surface area contributed by atoms with Gasteiger partial charge in [-0.1, -0.05) is 30.3 Å². The lowest BCUT2D eigenvalue weighted by Crippen LogP contribution is -2.47. The van der Waals surface area contributed by atoms with Crippen molar-refractivity contribution in [3.8, 4) is 11.3 Å². The van der Waals surface area contributed by atoms with Crippen molar-refractivity contribution >= 4 is 22.5 Å². The third-order valence-electron chi connectivity index (χ3n) is 6.17. The monoisotopic (exact) mass is 404 g/mol. The molecule has 2 aliphatic heterocycles. The Morgan fingerprint density at radius 1 is 1.10 bits per heavy atom. The van der Waals surface area contributed by atoms with E-state index in [9.17, 15) is 4.79 Å². The van der Waals surface area contributed by atoms with Crippen molar-refractivity contribution in [2.24, 2.45) is 0 Å². The van der Waals surface area contributed by atoms with E-state index in [-0.39, 0.29) is 5.91 Å². The SMILES string of the molecule is Nc1cc(CN2CCNC(=O)C2)cc2cc(-c3ccccc3)n(C3CCOCC3)c12. The average Bonchev–Trinajstić information content (AvgIpc) is 3.15. The molecular formula is C24H28N4O2. The van der Waals surface area contributed by atoms with Crippen molar-refractivity contribution < 1.29 is 9.53 Å². The summed E-state index contributed by atoms with van der Waals surface area (Å²) >= 11 is 0. The van der Waals surface area contributed by atoms with Crippen LogP contribution in [0, 0.1) is 0 Å². The van der Waals surface area contributed by atoms with Crippen molar-refractivity contribution in [1.82, 2.24) is 14.8 Å². The second-order valence-corrected chi connectivity index (χ2v) is 8.29. The quantitative estimate of drug-likeness (QED) is 0.655. The van der Waals surface area contributed by atoms with E-state index >= 15 is 0 Å². The summed E-state index contributed by atoms with van der Waals surface area (Å²) in [6, 6.07) is 17.5. The van der Waals surface area contributed by atoms with Gasteiger partial charge in [-0.2, -0.15) is 0 Å². The summed E-state index contributed by atoms with van der Waals surface area (Å²) in [7, 11) is 0. The van der Waals surface area contributed by atoms with Gasteiger partial charge in [0.05, 0.1) is 17.7 Å². The lowest BCUT2D eigenvalue weighted by Gasteiger charge is -2.28. The Hall–Kier alpha value is -2.83. The Labute approximate surface area is 176 Å². The lowest BCUT2D eigenvalue weighted by atomic mass is 10.1. The van der Waals surface area contributed by atoms with Crippen LogP contribution in [0.4, 0.5) is 5.69 Å². The fourth-order valence-corrected chi connectivity index (χ4v) is 4.80. The molecule has 6 heteroatoms. The van der Waals surface area contributed by atoms with Crippen molar-refractivity contribution in [3.63, 3.8) is 0 Å². The third-order valence-corrected chi connectivity index (χ3v) is 6.17. The van der Waals surface area contributed by atoms with Gasteiger partial charge in [0.15, 0.2) is 0 Å². The first kappa shape index (κ1) is 19.2. The van der Waals surface area contributed by atoms with Crippen LogP contribution in [0.25, 0.3) is 22.2 Å². The molecule has 0 saturated carbocycles. The molecule has 1 aromatic heterocycles. The zero-order chi connectivity index (χ0) is 20.5. The Bertz CT molecular complexity index is 1050. The molecule has 0 bridgehead atoms. The summed E-state index contributed by atoms with van der Waals surface area (Å²) in [5.74, 6) is 0.0901. The second kappa shape index (κ2) is 8.13. The predicted molar refractivity (Wildman–Crippen MR) is 119 cm³/mol. The Morgan fingerprint density at radius 2 is 1.90 bits per heavy atom. The molecule has 2 fully saturated rings. The Balaban J connectivity index is 1.58. The van der Waals surface area contributed by atoms with E-state index in [1.807, 2.05) is 6.07 Å². The van der Waals surface area contributed by atoms with Gasteiger partial charge in [0.2, 0.25) is 5.91 Å². The van der Waals surface area contributed by atoms with Crippen LogP contribution in [0.5, 0.6) is 0 Å². The van der Waals surface area contributed by atoms with E-state index in [2.05, 4.69) is 57.2 Å². The highest BCUT2D eigenvalue weighted by molar-refractivity contribution is 5.96. The molecule has 30 heavy (non-hydrogen) atoms. The highest BCUT2D eigenvalue weighted by atomic mass is 16.5. The maximum atomic E-state index is 11.7. The number of nitrogen functional groups attached to an aromatic ring is 1. The predicted octanol–water partition coefficient (Wildman–Crippen LogP) is 3.17. The summed E-state index contributed by atoms with van der Waals surface area (Å²) in [6.45, 7) is 4.31. The first-order valence-electron chi connectivity index (χ1n) is 10.7. The highest BCUT2D eigenvalue weighted by Crippen LogP contribution is 2.38. The van der Waals surface area contributed by atoms with Gasteiger partial charge in [-0.25, -0.2) is 0 Å². The number of carbonyl (C=O) groups is 1. The van der Waals surface area contributed by atoms with Gasteiger partial charge in [0, 0.05) is 50.0 Å². The number of fused-ring (bicyclic) bond motifs is 1. The minimum absolute atomic E-state index is 0.0901. The number of hydrogen-bond acceptors (Lipinski definition) is 4. The van der Waals surface area contributed by atoms with Gasteiger partial charge >= 0.3 is 0 Å². The van der Waals surface area contributed by atoms with E-state index in [4.69, 9.17) is 10.5 Å². The van der Waals surface area contributed by atoms with Gasteiger partial charge in [-0.3, -0.25) is 9.69 Å². The van der Waals surface area contributed by atoms with Crippen LogP contribution in [0.15, 0.2) is 48.5 Å². The molecule has 0 radical (unpaired) electrons. The molecule has 6 nitrogen and oxygen atoms in total. The molecule has 5 rings (SSSR count). The molecule has 156 valence electrons. The van der Waals surface area contributed by atoms with Crippen LogP contribution < -0.4 is 11.1 Å².